The predicted octanol–water partition coefficient (Wildman–Crippen LogP) is 4.37. The maximum atomic E-state index is 6.04. The molecule has 0 saturated heterocycles. The molecule has 106 valence electrons. The third kappa shape index (κ3) is 4.22. The van der Waals surface area contributed by atoms with Gasteiger partial charge in [0.05, 0.1) is 6.61 Å². The summed E-state index contributed by atoms with van der Waals surface area (Å²) in [5.41, 5.74) is 6.35. The van der Waals surface area contributed by atoms with Crippen molar-refractivity contribution in [2.45, 2.75) is 39.0 Å². The van der Waals surface area contributed by atoms with Crippen molar-refractivity contribution in [3.8, 4) is 5.75 Å². The van der Waals surface area contributed by atoms with Crippen LogP contribution in [-0.4, -0.2) is 13.2 Å². The zero-order valence-corrected chi connectivity index (χ0v) is 13.3. The first kappa shape index (κ1) is 14.9. The van der Waals surface area contributed by atoms with E-state index in [9.17, 15) is 0 Å². The molecule has 0 bridgehead atoms. The summed E-state index contributed by atoms with van der Waals surface area (Å²) in [6, 6.07) is 8.03. The van der Waals surface area contributed by atoms with Crippen LogP contribution >= 0.6 is 15.9 Å². The molecule has 1 aliphatic carbocycles. The minimum absolute atomic E-state index is 0.313. The Morgan fingerprint density at radius 1 is 1.37 bits per heavy atom. The minimum atomic E-state index is 0.313. The van der Waals surface area contributed by atoms with Crippen LogP contribution in [0, 0.1) is 11.3 Å². The molecule has 0 aliphatic heterocycles. The monoisotopic (exact) mass is 325 g/mol. The molecule has 2 atom stereocenters. The normalized spacial score (nSPS) is 27.2. The molecule has 2 N–H and O–H groups in total. The van der Waals surface area contributed by atoms with Crippen LogP contribution < -0.4 is 10.5 Å². The average molecular weight is 326 g/mol. The van der Waals surface area contributed by atoms with E-state index in [0.717, 1.165) is 35.7 Å². The summed E-state index contributed by atoms with van der Waals surface area (Å²) in [4.78, 5) is 0. The summed E-state index contributed by atoms with van der Waals surface area (Å²) in [7, 11) is 0. The first-order valence-electron chi connectivity index (χ1n) is 7.22. The summed E-state index contributed by atoms with van der Waals surface area (Å²) in [6.07, 6.45) is 6.26. The highest BCUT2D eigenvalue weighted by Crippen LogP contribution is 2.41. The molecule has 1 aromatic carbocycles. The molecule has 1 aliphatic rings. The fourth-order valence-corrected chi connectivity index (χ4v) is 3.46. The van der Waals surface area contributed by atoms with Gasteiger partial charge in [-0.25, -0.2) is 0 Å². The number of benzene rings is 1. The Morgan fingerprint density at radius 2 is 2.11 bits per heavy atom. The van der Waals surface area contributed by atoms with Gasteiger partial charge in [0, 0.05) is 4.47 Å². The van der Waals surface area contributed by atoms with E-state index in [4.69, 9.17) is 10.5 Å². The van der Waals surface area contributed by atoms with Crippen LogP contribution in [0.5, 0.6) is 5.75 Å². The van der Waals surface area contributed by atoms with Crippen molar-refractivity contribution in [1.82, 2.24) is 0 Å². The van der Waals surface area contributed by atoms with Crippen molar-refractivity contribution in [2.75, 3.05) is 13.2 Å². The molecule has 2 unspecified atom stereocenters. The number of rotatable bonds is 5. The van der Waals surface area contributed by atoms with Crippen molar-refractivity contribution in [1.29, 1.82) is 0 Å². The van der Waals surface area contributed by atoms with E-state index in [2.05, 4.69) is 22.9 Å². The Morgan fingerprint density at radius 3 is 2.74 bits per heavy atom. The molecule has 0 heterocycles. The van der Waals surface area contributed by atoms with Gasteiger partial charge < -0.3 is 10.5 Å². The highest BCUT2D eigenvalue weighted by Gasteiger charge is 2.33. The molecular formula is C16H24BrNO. The van der Waals surface area contributed by atoms with Crippen molar-refractivity contribution >= 4 is 15.9 Å². The molecule has 19 heavy (non-hydrogen) atoms. The van der Waals surface area contributed by atoms with E-state index in [1.54, 1.807) is 0 Å². The van der Waals surface area contributed by atoms with Gasteiger partial charge in [-0.3, -0.25) is 0 Å². The van der Waals surface area contributed by atoms with E-state index in [1.807, 2.05) is 24.3 Å². The molecule has 0 amide bonds. The number of halogens is 1. The molecule has 0 spiro atoms. The fraction of sp³-hybridized carbons (Fsp3) is 0.625. The second-order valence-electron chi connectivity index (χ2n) is 5.96. The third-order valence-corrected chi connectivity index (χ3v) is 4.86. The summed E-state index contributed by atoms with van der Waals surface area (Å²) in [5.74, 6) is 1.75. The van der Waals surface area contributed by atoms with E-state index in [0.29, 0.717) is 5.41 Å². The minimum Gasteiger partial charge on any atom is -0.494 e. The standard InChI is InChI=1S/C16H24BrNO/c1-13-3-2-8-16(11-13,12-18)9-10-19-15-6-4-14(17)5-7-15/h4-7,13H,2-3,8-12,18H2,1H3. The van der Waals surface area contributed by atoms with Crippen molar-refractivity contribution < 1.29 is 4.74 Å². The zero-order chi connectivity index (χ0) is 13.7. The van der Waals surface area contributed by atoms with Gasteiger partial charge in [-0.15, -0.1) is 0 Å². The maximum Gasteiger partial charge on any atom is 0.119 e. The quantitative estimate of drug-likeness (QED) is 0.872. The van der Waals surface area contributed by atoms with Crippen LogP contribution in [0.25, 0.3) is 0 Å². The second-order valence-corrected chi connectivity index (χ2v) is 6.87. The molecule has 1 fully saturated rings. The molecule has 1 saturated carbocycles. The Labute approximate surface area is 124 Å². The van der Waals surface area contributed by atoms with Gasteiger partial charge in [-0.2, -0.15) is 0 Å². The highest BCUT2D eigenvalue weighted by atomic mass is 79.9. The Hall–Kier alpha value is -0.540. The third-order valence-electron chi connectivity index (χ3n) is 4.33. The molecule has 1 aromatic rings. The number of nitrogens with two attached hydrogens (primary N) is 1. The smallest absolute Gasteiger partial charge is 0.119 e. The first-order chi connectivity index (χ1) is 9.13. The Kier molecular flexibility index (Phi) is 5.28. The largest absolute Gasteiger partial charge is 0.494 e. The average Bonchev–Trinajstić information content (AvgIpc) is 2.41. The van der Waals surface area contributed by atoms with Crippen LogP contribution in [0.1, 0.15) is 39.0 Å². The van der Waals surface area contributed by atoms with Crippen LogP contribution in [0.2, 0.25) is 0 Å². The highest BCUT2D eigenvalue weighted by molar-refractivity contribution is 9.10. The van der Waals surface area contributed by atoms with Crippen LogP contribution in [0.4, 0.5) is 0 Å². The molecule has 0 aromatic heterocycles. The van der Waals surface area contributed by atoms with E-state index < -0.39 is 0 Å². The van der Waals surface area contributed by atoms with Crippen molar-refractivity contribution in [3.05, 3.63) is 28.7 Å². The van der Waals surface area contributed by atoms with Crippen molar-refractivity contribution in [3.63, 3.8) is 0 Å². The second kappa shape index (κ2) is 6.76. The van der Waals surface area contributed by atoms with E-state index >= 15 is 0 Å². The summed E-state index contributed by atoms with van der Waals surface area (Å²) < 4.78 is 6.93. The Bertz CT molecular complexity index is 392. The summed E-state index contributed by atoms with van der Waals surface area (Å²) in [5, 5.41) is 0. The predicted molar refractivity (Wildman–Crippen MR) is 83.4 cm³/mol. The van der Waals surface area contributed by atoms with E-state index in [-0.39, 0.29) is 0 Å². The Balaban J connectivity index is 1.84. The first-order valence-corrected chi connectivity index (χ1v) is 8.01. The van der Waals surface area contributed by atoms with Crippen LogP contribution in [0.3, 0.4) is 0 Å². The lowest BCUT2D eigenvalue weighted by Gasteiger charge is -2.39. The van der Waals surface area contributed by atoms with Gasteiger partial charge >= 0.3 is 0 Å². The van der Waals surface area contributed by atoms with Crippen LogP contribution in [-0.2, 0) is 0 Å². The number of hydrogen-bond donors (Lipinski definition) is 1. The lowest BCUT2D eigenvalue weighted by molar-refractivity contribution is 0.116. The van der Waals surface area contributed by atoms with Gasteiger partial charge in [0.25, 0.3) is 0 Å². The van der Waals surface area contributed by atoms with Crippen molar-refractivity contribution in [2.24, 2.45) is 17.1 Å². The lowest BCUT2D eigenvalue weighted by atomic mass is 9.68. The topological polar surface area (TPSA) is 35.2 Å². The molecule has 2 rings (SSSR count). The van der Waals surface area contributed by atoms with Gasteiger partial charge in [-0.1, -0.05) is 35.7 Å². The van der Waals surface area contributed by atoms with Crippen LogP contribution in [0.15, 0.2) is 28.7 Å². The molecular weight excluding hydrogens is 302 g/mol. The van der Waals surface area contributed by atoms with E-state index in [1.165, 1.54) is 25.7 Å². The van der Waals surface area contributed by atoms with Gasteiger partial charge in [0.2, 0.25) is 0 Å². The fourth-order valence-electron chi connectivity index (χ4n) is 3.20. The molecule has 2 nitrogen and oxygen atoms in total. The zero-order valence-electron chi connectivity index (χ0n) is 11.7. The van der Waals surface area contributed by atoms with Gasteiger partial charge in [0.1, 0.15) is 5.75 Å². The maximum absolute atomic E-state index is 6.04. The van der Waals surface area contributed by atoms with Gasteiger partial charge in [0.15, 0.2) is 0 Å². The number of ether oxygens (including phenoxy) is 1. The SMILES string of the molecule is CC1CCCC(CN)(CCOc2ccc(Br)cc2)C1. The molecule has 0 radical (unpaired) electrons. The summed E-state index contributed by atoms with van der Waals surface area (Å²) >= 11 is 3.43. The number of hydrogen-bond acceptors (Lipinski definition) is 2. The lowest BCUT2D eigenvalue weighted by Crippen LogP contribution is -2.36. The summed E-state index contributed by atoms with van der Waals surface area (Å²) in [6.45, 7) is 3.91. The van der Waals surface area contributed by atoms with Gasteiger partial charge in [-0.05, 0) is 61.4 Å². The molecule has 3 heteroatoms.